The Hall–Kier alpha value is -1.98. The Balaban J connectivity index is 1.46. The number of carbonyl (C=O) groups is 1. The number of rotatable bonds is 3. The molecular weight excluding hydrogens is 332 g/mol. The first-order chi connectivity index (χ1) is 12.1. The molecule has 2 fully saturated rings. The predicted molar refractivity (Wildman–Crippen MR) is 99.9 cm³/mol. The third kappa shape index (κ3) is 3.39. The molecule has 1 saturated heterocycles. The van der Waals surface area contributed by atoms with Gasteiger partial charge in [-0.1, -0.05) is 36.0 Å². The number of aliphatic hydroxyl groups excluding tert-OH is 1. The van der Waals surface area contributed by atoms with Crippen molar-refractivity contribution in [2.24, 2.45) is 0 Å². The van der Waals surface area contributed by atoms with Crippen molar-refractivity contribution in [3.05, 3.63) is 54.6 Å². The number of aliphatic hydroxyl groups is 1. The van der Waals surface area contributed by atoms with Crippen LogP contribution in [0.3, 0.4) is 0 Å². The first kappa shape index (κ1) is 16.5. The second-order valence-electron chi connectivity index (χ2n) is 6.92. The van der Waals surface area contributed by atoms with Crippen molar-refractivity contribution in [1.82, 2.24) is 4.90 Å². The quantitative estimate of drug-likeness (QED) is 0.861. The van der Waals surface area contributed by atoms with Gasteiger partial charge in [-0.05, 0) is 56.0 Å². The second-order valence-corrected chi connectivity index (χ2v) is 8.07. The van der Waals surface area contributed by atoms with E-state index in [0.29, 0.717) is 13.0 Å². The Bertz CT molecular complexity index is 761. The minimum atomic E-state index is -0.397. The van der Waals surface area contributed by atoms with Crippen LogP contribution < -0.4 is 5.32 Å². The molecule has 0 radical (unpaired) electrons. The lowest BCUT2D eigenvalue weighted by atomic mass is 9.74. The van der Waals surface area contributed by atoms with Gasteiger partial charge in [0, 0.05) is 27.6 Å². The standard InChI is InChI=1S/C20H22N2O2S/c23-16-13-20(10-5-11-20)22(14-16)19(24)21-15-6-4-9-18(12-15)25-17-7-2-1-3-8-17/h1-4,6-9,12,16,23H,5,10-11,13-14H2,(H,21,24). The zero-order valence-electron chi connectivity index (χ0n) is 14.0. The first-order valence-electron chi connectivity index (χ1n) is 8.74. The highest BCUT2D eigenvalue weighted by molar-refractivity contribution is 7.99. The highest BCUT2D eigenvalue weighted by Gasteiger charge is 2.51. The summed E-state index contributed by atoms with van der Waals surface area (Å²) in [6.07, 6.45) is 3.46. The Kier molecular flexibility index (Phi) is 4.44. The van der Waals surface area contributed by atoms with Crippen molar-refractivity contribution in [3.63, 3.8) is 0 Å². The lowest BCUT2D eigenvalue weighted by Crippen LogP contribution is -2.53. The van der Waals surface area contributed by atoms with Crippen LogP contribution in [0.25, 0.3) is 0 Å². The van der Waals surface area contributed by atoms with E-state index in [-0.39, 0.29) is 11.6 Å². The minimum Gasteiger partial charge on any atom is -0.391 e. The van der Waals surface area contributed by atoms with E-state index in [0.717, 1.165) is 29.8 Å². The zero-order valence-corrected chi connectivity index (χ0v) is 14.8. The summed E-state index contributed by atoms with van der Waals surface area (Å²) in [5, 5.41) is 13.0. The number of nitrogens with one attached hydrogen (secondary N) is 1. The van der Waals surface area contributed by atoms with E-state index >= 15 is 0 Å². The number of hydrogen-bond acceptors (Lipinski definition) is 3. The largest absolute Gasteiger partial charge is 0.391 e. The number of amides is 2. The molecule has 2 aromatic rings. The summed E-state index contributed by atoms with van der Waals surface area (Å²) in [5.41, 5.74) is 0.682. The van der Waals surface area contributed by atoms with Crippen LogP contribution in [0.4, 0.5) is 10.5 Å². The van der Waals surface area contributed by atoms with Gasteiger partial charge in [-0.2, -0.15) is 0 Å². The number of β-amino-alcohol motifs (C(OH)–C–C–N with tert-alkyl or cyclic N) is 1. The molecule has 1 aliphatic heterocycles. The molecule has 1 atom stereocenters. The van der Waals surface area contributed by atoms with Crippen molar-refractivity contribution in [1.29, 1.82) is 0 Å². The Morgan fingerprint density at radius 3 is 2.60 bits per heavy atom. The maximum Gasteiger partial charge on any atom is 0.322 e. The van der Waals surface area contributed by atoms with E-state index in [9.17, 15) is 9.90 Å². The van der Waals surface area contributed by atoms with Gasteiger partial charge in [0.1, 0.15) is 0 Å². The van der Waals surface area contributed by atoms with Gasteiger partial charge in [0.05, 0.1) is 6.10 Å². The molecule has 0 aromatic heterocycles. The summed E-state index contributed by atoms with van der Waals surface area (Å²) in [5.74, 6) is 0. The Morgan fingerprint density at radius 2 is 1.88 bits per heavy atom. The van der Waals surface area contributed by atoms with Crippen molar-refractivity contribution in [3.8, 4) is 0 Å². The van der Waals surface area contributed by atoms with Crippen LogP contribution in [0.5, 0.6) is 0 Å². The monoisotopic (exact) mass is 354 g/mol. The summed E-state index contributed by atoms with van der Waals surface area (Å²) >= 11 is 1.67. The van der Waals surface area contributed by atoms with Gasteiger partial charge in [0.15, 0.2) is 0 Å². The maximum absolute atomic E-state index is 12.7. The molecule has 0 bridgehead atoms. The molecule has 2 N–H and O–H groups in total. The number of urea groups is 1. The number of likely N-dealkylation sites (tertiary alicyclic amines) is 1. The molecule has 1 spiro atoms. The summed E-state index contributed by atoms with van der Waals surface area (Å²) in [6.45, 7) is 0.435. The smallest absolute Gasteiger partial charge is 0.322 e. The average Bonchev–Trinajstić information content (AvgIpc) is 2.94. The lowest BCUT2D eigenvalue weighted by molar-refractivity contribution is 0.0869. The Labute approximate surface area is 152 Å². The molecule has 2 aromatic carbocycles. The fraction of sp³-hybridized carbons (Fsp3) is 0.350. The van der Waals surface area contributed by atoms with Crippen molar-refractivity contribution in [2.75, 3.05) is 11.9 Å². The van der Waals surface area contributed by atoms with E-state index in [1.54, 1.807) is 11.8 Å². The molecule has 25 heavy (non-hydrogen) atoms. The number of carbonyl (C=O) groups excluding carboxylic acids is 1. The Morgan fingerprint density at radius 1 is 1.12 bits per heavy atom. The zero-order chi connectivity index (χ0) is 17.3. The predicted octanol–water partition coefficient (Wildman–Crippen LogP) is 4.36. The van der Waals surface area contributed by atoms with Gasteiger partial charge >= 0.3 is 6.03 Å². The molecular formula is C20H22N2O2S. The molecule has 5 heteroatoms. The summed E-state index contributed by atoms with van der Waals surface area (Å²) in [6, 6.07) is 18.0. The van der Waals surface area contributed by atoms with Crippen molar-refractivity contribution >= 4 is 23.5 Å². The molecule has 130 valence electrons. The molecule has 4 rings (SSSR count). The van der Waals surface area contributed by atoms with Gasteiger partial charge in [0.2, 0.25) is 0 Å². The summed E-state index contributed by atoms with van der Waals surface area (Å²) in [4.78, 5) is 16.8. The van der Waals surface area contributed by atoms with Crippen molar-refractivity contribution < 1.29 is 9.90 Å². The molecule has 1 heterocycles. The van der Waals surface area contributed by atoms with Crippen LogP contribution in [0.2, 0.25) is 0 Å². The van der Waals surface area contributed by atoms with Crippen LogP contribution >= 0.6 is 11.8 Å². The van der Waals surface area contributed by atoms with Crippen LogP contribution in [0.15, 0.2) is 64.4 Å². The van der Waals surface area contributed by atoms with Crippen LogP contribution in [0, 0.1) is 0 Å². The maximum atomic E-state index is 12.7. The van der Waals surface area contributed by atoms with Crippen LogP contribution in [0.1, 0.15) is 25.7 Å². The van der Waals surface area contributed by atoms with Gasteiger partial charge in [-0.3, -0.25) is 0 Å². The number of hydrogen-bond donors (Lipinski definition) is 2. The SMILES string of the molecule is O=C(Nc1cccc(Sc2ccccc2)c1)N1CC(O)CC12CCC2. The summed E-state index contributed by atoms with van der Waals surface area (Å²) < 4.78 is 0. The molecule has 1 unspecified atom stereocenters. The van der Waals surface area contributed by atoms with E-state index in [2.05, 4.69) is 17.4 Å². The lowest BCUT2D eigenvalue weighted by Gasteiger charge is -2.45. The molecule has 2 aliphatic rings. The average molecular weight is 354 g/mol. The van der Waals surface area contributed by atoms with E-state index in [1.807, 2.05) is 47.4 Å². The van der Waals surface area contributed by atoms with Gasteiger partial charge < -0.3 is 15.3 Å². The fourth-order valence-corrected chi connectivity index (χ4v) is 4.73. The topological polar surface area (TPSA) is 52.6 Å². The van der Waals surface area contributed by atoms with Crippen LogP contribution in [-0.4, -0.2) is 34.2 Å². The third-order valence-electron chi connectivity index (χ3n) is 5.18. The number of benzene rings is 2. The van der Waals surface area contributed by atoms with Gasteiger partial charge in [-0.15, -0.1) is 0 Å². The minimum absolute atomic E-state index is 0.0990. The highest BCUT2D eigenvalue weighted by atomic mass is 32.2. The number of anilines is 1. The molecule has 1 aliphatic carbocycles. The van der Waals surface area contributed by atoms with E-state index in [4.69, 9.17) is 0 Å². The molecule has 4 nitrogen and oxygen atoms in total. The third-order valence-corrected chi connectivity index (χ3v) is 6.17. The number of nitrogens with zero attached hydrogens (tertiary/aromatic N) is 1. The van der Waals surface area contributed by atoms with E-state index < -0.39 is 6.10 Å². The fourth-order valence-electron chi connectivity index (χ4n) is 3.83. The highest BCUT2D eigenvalue weighted by Crippen LogP contribution is 2.45. The normalized spacial score (nSPS) is 21.2. The van der Waals surface area contributed by atoms with Crippen molar-refractivity contribution in [2.45, 2.75) is 47.1 Å². The van der Waals surface area contributed by atoms with Gasteiger partial charge in [-0.25, -0.2) is 4.79 Å². The first-order valence-corrected chi connectivity index (χ1v) is 9.56. The molecule has 1 saturated carbocycles. The second kappa shape index (κ2) is 6.73. The molecule has 2 amide bonds. The summed E-state index contributed by atoms with van der Waals surface area (Å²) in [7, 11) is 0. The van der Waals surface area contributed by atoms with Gasteiger partial charge in [0.25, 0.3) is 0 Å². The van der Waals surface area contributed by atoms with Crippen LogP contribution in [-0.2, 0) is 0 Å². The van der Waals surface area contributed by atoms with E-state index in [1.165, 1.54) is 4.90 Å².